The van der Waals surface area contributed by atoms with Gasteiger partial charge in [0, 0.05) is 25.7 Å². The average Bonchev–Trinajstić information content (AvgIpc) is 2.48. The SMILES string of the molecule is CC1(C)CCC(O)(CNC2CCN(C(=O)OC(C)(C)C)CC2)CC1. The van der Waals surface area contributed by atoms with Gasteiger partial charge in [-0.1, -0.05) is 13.8 Å². The van der Waals surface area contributed by atoms with E-state index in [1.165, 1.54) is 0 Å². The summed E-state index contributed by atoms with van der Waals surface area (Å²) in [4.78, 5) is 13.9. The minimum atomic E-state index is -0.558. The Morgan fingerprint density at radius 3 is 2.21 bits per heavy atom. The number of hydrogen-bond donors (Lipinski definition) is 2. The second-order valence-electron chi connectivity index (χ2n) is 9.51. The molecule has 0 unspecified atom stereocenters. The zero-order valence-electron chi connectivity index (χ0n) is 16.2. The summed E-state index contributed by atoms with van der Waals surface area (Å²) in [5, 5.41) is 14.3. The Balaban J connectivity index is 1.71. The fourth-order valence-electron chi connectivity index (χ4n) is 3.50. The van der Waals surface area contributed by atoms with Crippen LogP contribution in [0.25, 0.3) is 0 Å². The molecule has 0 aromatic carbocycles. The van der Waals surface area contributed by atoms with E-state index in [-0.39, 0.29) is 6.09 Å². The lowest BCUT2D eigenvalue weighted by molar-refractivity contribution is -0.0278. The molecular weight excluding hydrogens is 304 g/mol. The number of nitrogens with one attached hydrogen (secondary N) is 1. The Hall–Kier alpha value is -0.810. The second kappa shape index (κ2) is 7.20. The molecule has 1 saturated carbocycles. The van der Waals surface area contributed by atoms with Gasteiger partial charge in [-0.2, -0.15) is 0 Å². The molecule has 24 heavy (non-hydrogen) atoms. The number of hydrogen-bond acceptors (Lipinski definition) is 4. The molecule has 0 atom stereocenters. The number of nitrogens with zero attached hydrogens (tertiary/aromatic N) is 1. The van der Waals surface area contributed by atoms with Crippen LogP contribution in [0.2, 0.25) is 0 Å². The van der Waals surface area contributed by atoms with E-state index < -0.39 is 11.2 Å². The maximum absolute atomic E-state index is 12.1. The minimum absolute atomic E-state index is 0.214. The van der Waals surface area contributed by atoms with Gasteiger partial charge in [-0.3, -0.25) is 0 Å². The van der Waals surface area contributed by atoms with E-state index in [0.717, 1.165) is 51.6 Å². The Labute approximate surface area is 147 Å². The van der Waals surface area contributed by atoms with E-state index in [0.29, 0.717) is 18.0 Å². The monoisotopic (exact) mass is 340 g/mol. The van der Waals surface area contributed by atoms with Crippen LogP contribution in [-0.4, -0.2) is 53.0 Å². The molecule has 2 fully saturated rings. The number of piperidine rings is 1. The average molecular weight is 341 g/mol. The van der Waals surface area contributed by atoms with E-state index >= 15 is 0 Å². The van der Waals surface area contributed by atoms with E-state index in [1.807, 2.05) is 20.8 Å². The van der Waals surface area contributed by atoms with Crippen molar-refractivity contribution in [3.05, 3.63) is 0 Å². The fourth-order valence-corrected chi connectivity index (χ4v) is 3.50. The van der Waals surface area contributed by atoms with Gasteiger partial charge >= 0.3 is 6.09 Å². The van der Waals surface area contributed by atoms with Crippen LogP contribution in [0.5, 0.6) is 0 Å². The van der Waals surface area contributed by atoms with E-state index in [9.17, 15) is 9.90 Å². The zero-order valence-corrected chi connectivity index (χ0v) is 16.2. The van der Waals surface area contributed by atoms with Gasteiger partial charge in [0.15, 0.2) is 0 Å². The molecule has 1 heterocycles. The van der Waals surface area contributed by atoms with Gasteiger partial charge < -0.3 is 20.1 Å². The highest BCUT2D eigenvalue weighted by Crippen LogP contribution is 2.39. The van der Waals surface area contributed by atoms with Crippen molar-refractivity contribution in [3.63, 3.8) is 0 Å². The summed E-state index contributed by atoms with van der Waals surface area (Å²) in [5.41, 5.74) is -0.632. The summed E-state index contributed by atoms with van der Waals surface area (Å²) in [6.45, 7) is 12.4. The molecule has 0 radical (unpaired) electrons. The fraction of sp³-hybridized carbons (Fsp3) is 0.947. The number of aliphatic hydroxyl groups is 1. The molecule has 2 aliphatic rings. The third kappa shape index (κ3) is 5.92. The predicted molar refractivity (Wildman–Crippen MR) is 96.0 cm³/mol. The van der Waals surface area contributed by atoms with Crippen molar-refractivity contribution >= 4 is 6.09 Å². The highest BCUT2D eigenvalue weighted by molar-refractivity contribution is 5.68. The number of carbonyl (C=O) groups excluding carboxylic acids is 1. The molecular formula is C19H36N2O3. The van der Waals surface area contributed by atoms with Crippen LogP contribution in [0, 0.1) is 5.41 Å². The number of amides is 1. The van der Waals surface area contributed by atoms with Crippen molar-refractivity contribution in [2.24, 2.45) is 5.41 Å². The molecule has 1 amide bonds. The number of rotatable bonds is 3. The second-order valence-corrected chi connectivity index (χ2v) is 9.51. The first-order valence-electron chi connectivity index (χ1n) is 9.42. The number of likely N-dealkylation sites (tertiary alicyclic amines) is 1. The molecule has 140 valence electrons. The first kappa shape index (κ1) is 19.5. The van der Waals surface area contributed by atoms with Crippen molar-refractivity contribution in [2.75, 3.05) is 19.6 Å². The zero-order chi connectivity index (χ0) is 18.0. The third-order valence-corrected chi connectivity index (χ3v) is 5.40. The van der Waals surface area contributed by atoms with Gasteiger partial charge in [0.1, 0.15) is 5.60 Å². The molecule has 1 saturated heterocycles. The third-order valence-electron chi connectivity index (χ3n) is 5.40. The molecule has 0 spiro atoms. The molecule has 5 nitrogen and oxygen atoms in total. The first-order valence-corrected chi connectivity index (χ1v) is 9.42. The summed E-state index contributed by atoms with van der Waals surface area (Å²) >= 11 is 0. The largest absolute Gasteiger partial charge is 0.444 e. The number of carbonyl (C=O) groups is 1. The van der Waals surface area contributed by atoms with Gasteiger partial charge in [0.2, 0.25) is 0 Å². The smallest absolute Gasteiger partial charge is 0.410 e. The van der Waals surface area contributed by atoms with Crippen LogP contribution in [-0.2, 0) is 4.74 Å². The highest BCUT2D eigenvalue weighted by Gasteiger charge is 2.37. The lowest BCUT2D eigenvalue weighted by Gasteiger charge is -2.41. The van der Waals surface area contributed by atoms with Crippen molar-refractivity contribution in [3.8, 4) is 0 Å². The van der Waals surface area contributed by atoms with Crippen LogP contribution in [0.4, 0.5) is 4.79 Å². The summed E-state index contributed by atoms with van der Waals surface area (Å²) in [5.74, 6) is 0. The minimum Gasteiger partial charge on any atom is -0.444 e. The van der Waals surface area contributed by atoms with Crippen LogP contribution in [0.3, 0.4) is 0 Å². The van der Waals surface area contributed by atoms with E-state index in [1.54, 1.807) is 4.90 Å². The Morgan fingerprint density at radius 2 is 1.71 bits per heavy atom. The van der Waals surface area contributed by atoms with Crippen molar-refractivity contribution in [1.29, 1.82) is 0 Å². The summed E-state index contributed by atoms with van der Waals surface area (Å²) in [7, 11) is 0. The van der Waals surface area contributed by atoms with Crippen molar-refractivity contribution < 1.29 is 14.6 Å². The van der Waals surface area contributed by atoms with Crippen LogP contribution < -0.4 is 5.32 Å². The highest BCUT2D eigenvalue weighted by atomic mass is 16.6. The van der Waals surface area contributed by atoms with E-state index in [2.05, 4.69) is 19.2 Å². The van der Waals surface area contributed by atoms with Crippen molar-refractivity contribution in [2.45, 2.75) is 90.4 Å². The Bertz CT molecular complexity index is 424. The summed E-state index contributed by atoms with van der Waals surface area (Å²) in [6, 6.07) is 0.377. The normalized spacial score (nSPS) is 24.7. The van der Waals surface area contributed by atoms with Gasteiger partial charge in [-0.05, 0) is 64.7 Å². The lowest BCUT2D eigenvalue weighted by Crippen LogP contribution is -2.51. The molecule has 0 aromatic heterocycles. The summed E-state index contributed by atoms with van der Waals surface area (Å²) < 4.78 is 5.43. The molecule has 0 aromatic rings. The van der Waals surface area contributed by atoms with Crippen molar-refractivity contribution in [1.82, 2.24) is 10.2 Å². The Morgan fingerprint density at radius 1 is 1.17 bits per heavy atom. The van der Waals surface area contributed by atoms with Gasteiger partial charge in [0.25, 0.3) is 0 Å². The van der Waals surface area contributed by atoms with Crippen LogP contribution in [0.1, 0.15) is 73.1 Å². The standard InChI is InChI=1S/C19H36N2O3/c1-17(2,3)24-16(22)21-12-6-15(7-13-21)20-14-19(23)10-8-18(4,5)9-11-19/h15,20,23H,6-14H2,1-5H3. The van der Waals surface area contributed by atoms with Gasteiger partial charge in [-0.15, -0.1) is 0 Å². The van der Waals surface area contributed by atoms with Gasteiger partial charge in [-0.25, -0.2) is 4.79 Å². The number of ether oxygens (including phenoxy) is 1. The molecule has 2 rings (SSSR count). The maximum atomic E-state index is 12.1. The summed E-state index contributed by atoms with van der Waals surface area (Å²) in [6.07, 6.45) is 5.55. The molecule has 1 aliphatic heterocycles. The molecule has 2 N–H and O–H groups in total. The van der Waals surface area contributed by atoms with Gasteiger partial charge in [0.05, 0.1) is 5.60 Å². The molecule has 0 bridgehead atoms. The predicted octanol–water partition coefficient (Wildman–Crippen LogP) is 3.31. The van der Waals surface area contributed by atoms with E-state index in [4.69, 9.17) is 4.74 Å². The van der Waals surface area contributed by atoms with Crippen LogP contribution >= 0.6 is 0 Å². The lowest BCUT2D eigenvalue weighted by atomic mass is 9.71. The Kier molecular flexibility index (Phi) is 5.86. The quantitative estimate of drug-likeness (QED) is 0.827. The molecule has 1 aliphatic carbocycles. The first-order chi connectivity index (χ1) is 11.0. The maximum Gasteiger partial charge on any atom is 0.410 e. The van der Waals surface area contributed by atoms with Crippen LogP contribution in [0.15, 0.2) is 0 Å². The molecule has 5 heteroatoms. The topological polar surface area (TPSA) is 61.8 Å².